The van der Waals surface area contributed by atoms with Crippen molar-refractivity contribution >= 4 is 21.8 Å². The first-order chi connectivity index (χ1) is 8.77. The molecule has 0 aromatic heterocycles. The molecule has 114 valence electrons. The van der Waals surface area contributed by atoms with E-state index in [1.54, 1.807) is 0 Å². The van der Waals surface area contributed by atoms with Crippen molar-refractivity contribution in [1.82, 2.24) is 8.61 Å². The largest absolute Gasteiger partial charge is 0.402 e. The predicted octanol–water partition coefficient (Wildman–Crippen LogP) is 2.21. The summed E-state index contributed by atoms with van der Waals surface area (Å²) < 4.78 is 63.3. The summed E-state index contributed by atoms with van der Waals surface area (Å²) >= 11 is 5.41. The van der Waals surface area contributed by atoms with E-state index < -0.39 is 22.9 Å². The van der Waals surface area contributed by atoms with Crippen molar-refractivity contribution in [2.45, 2.75) is 31.9 Å². The second-order valence-electron chi connectivity index (χ2n) is 4.46. The highest BCUT2D eigenvalue weighted by molar-refractivity contribution is 7.86. The SMILES string of the molecule is O=S(=O)(N1CCCCCC1)N(CCCl)CC(F)(F)F. The van der Waals surface area contributed by atoms with Crippen LogP contribution in [0.1, 0.15) is 25.7 Å². The molecule has 0 aliphatic carbocycles. The van der Waals surface area contributed by atoms with Crippen LogP contribution < -0.4 is 0 Å². The first kappa shape index (κ1) is 17.0. The van der Waals surface area contributed by atoms with E-state index in [4.69, 9.17) is 11.6 Å². The van der Waals surface area contributed by atoms with Crippen LogP contribution in [-0.2, 0) is 10.2 Å². The van der Waals surface area contributed by atoms with E-state index in [-0.39, 0.29) is 25.5 Å². The van der Waals surface area contributed by atoms with Crippen LogP contribution in [0.3, 0.4) is 0 Å². The van der Waals surface area contributed by atoms with Gasteiger partial charge in [0, 0.05) is 25.5 Å². The summed E-state index contributed by atoms with van der Waals surface area (Å²) in [5.74, 6) is -0.164. The molecule has 1 heterocycles. The number of rotatable bonds is 5. The highest BCUT2D eigenvalue weighted by atomic mass is 35.5. The smallest absolute Gasteiger partial charge is 0.195 e. The molecule has 0 bridgehead atoms. The molecule has 0 aromatic rings. The first-order valence-electron chi connectivity index (χ1n) is 6.15. The Labute approximate surface area is 116 Å². The molecule has 0 aromatic carbocycles. The van der Waals surface area contributed by atoms with Gasteiger partial charge in [0.05, 0.1) is 0 Å². The zero-order chi connectivity index (χ0) is 14.5. The molecule has 19 heavy (non-hydrogen) atoms. The number of alkyl halides is 4. The van der Waals surface area contributed by atoms with Crippen molar-refractivity contribution in [1.29, 1.82) is 0 Å². The summed E-state index contributed by atoms with van der Waals surface area (Å²) in [4.78, 5) is 0. The van der Waals surface area contributed by atoms with E-state index in [2.05, 4.69) is 0 Å². The summed E-state index contributed by atoms with van der Waals surface area (Å²) in [6.07, 6.45) is -1.40. The van der Waals surface area contributed by atoms with Crippen molar-refractivity contribution < 1.29 is 21.6 Å². The molecule has 1 aliphatic rings. The van der Waals surface area contributed by atoms with Gasteiger partial charge in [-0.1, -0.05) is 12.8 Å². The lowest BCUT2D eigenvalue weighted by Gasteiger charge is -2.29. The zero-order valence-corrected chi connectivity index (χ0v) is 12.1. The molecule has 0 spiro atoms. The minimum absolute atomic E-state index is 0.164. The fraction of sp³-hybridized carbons (Fsp3) is 1.00. The fourth-order valence-electron chi connectivity index (χ4n) is 2.01. The maximum Gasteiger partial charge on any atom is 0.402 e. The molecule has 1 fully saturated rings. The van der Waals surface area contributed by atoms with E-state index >= 15 is 0 Å². The van der Waals surface area contributed by atoms with Gasteiger partial charge in [-0.25, -0.2) is 0 Å². The zero-order valence-electron chi connectivity index (χ0n) is 10.5. The van der Waals surface area contributed by atoms with Crippen LogP contribution in [0.15, 0.2) is 0 Å². The number of hydrogen-bond donors (Lipinski definition) is 0. The van der Waals surface area contributed by atoms with Gasteiger partial charge in [-0.05, 0) is 12.8 Å². The van der Waals surface area contributed by atoms with E-state index in [1.807, 2.05) is 0 Å². The maximum atomic E-state index is 12.4. The Morgan fingerprint density at radius 3 is 2.05 bits per heavy atom. The van der Waals surface area contributed by atoms with Gasteiger partial charge in [0.2, 0.25) is 0 Å². The Hall–Kier alpha value is -0.0500. The molecule has 1 rings (SSSR count). The summed E-state index contributed by atoms with van der Waals surface area (Å²) in [5.41, 5.74) is 0. The highest BCUT2D eigenvalue weighted by Crippen LogP contribution is 2.22. The molecule has 0 saturated carbocycles. The average Bonchev–Trinajstić information content (AvgIpc) is 2.55. The average molecular weight is 323 g/mol. The Bertz CT molecular complexity index is 367. The highest BCUT2D eigenvalue weighted by Gasteiger charge is 2.38. The first-order valence-corrected chi connectivity index (χ1v) is 8.08. The van der Waals surface area contributed by atoms with Crippen molar-refractivity contribution in [3.8, 4) is 0 Å². The predicted molar refractivity (Wildman–Crippen MR) is 67.3 cm³/mol. The van der Waals surface area contributed by atoms with Crippen LogP contribution in [-0.4, -0.2) is 55.3 Å². The summed E-state index contributed by atoms with van der Waals surface area (Å²) in [5, 5.41) is 0. The third-order valence-electron chi connectivity index (χ3n) is 2.91. The minimum Gasteiger partial charge on any atom is -0.195 e. The van der Waals surface area contributed by atoms with E-state index in [1.165, 1.54) is 0 Å². The van der Waals surface area contributed by atoms with Gasteiger partial charge in [-0.15, -0.1) is 11.6 Å². The van der Waals surface area contributed by atoms with E-state index in [0.29, 0.717) is 17.1 Å². The van der Waals surface area contributed by atoms with Crippen molar-refractivity contribution in [3.63, 3.8) is 0 Å². The molecule has 9 heteroatoms. The van der Waals surface area contributed by atoms with E-state index in [9.17, 15) is 21.6 Å². The quantitative estimate of drug-likeness (QED) is 0.728. The minimum atomic E-state index is -4.56. The summed E-state index contributed by atoms with van der Waals surface area (Å²) in [6, 6.07) is 0. The molecule has 0 unspecified atom stereocenters. The van der Waals surface area contributed by atoms with Gasteiger partial charge in [-0.2, -0.15) is 30.2 Å². The molecule has 1 saturated heterocycles. The lowest BCUT2D eigenvalue weighted by molar-refractivity contribution is -0.136. The van der Waals surface area contributed by atoms with E-state index in [0.717, 1.165) is 17.1 Å². The second-order valence-corrected chi connectivity index (χ2v) is 6.77. The van der Waals surface area contributed by atoms with Crippen LogP contribution in [0.5, 0.6) is 0 Å². The van der Waals surface area contributed by atoms with Crippen LogP contribution >= 0.6 is 11.6 Å². The lowest BCUT2D eigenvalue weighted by atomic mass is 10.2. The topological polar surface area (TPSA) is 40.6 Å². The molecular formula is C10H18ClF3N2O2S. The van der Waals surface area contributed by atoms with Crippen molar-refractivity contribution in [2.24, 2.45) is 0 Å². The Morgan fingerprint density at radius 1 is 1.11 bits per heavy atom. The maximum absolute atomic E-state index is 12.4. The van der Waals surface area contributed by atoms with Crippen LogP contribution in [0.2, 0.25) is 0 Å². The molecule has 4 nitrogen and oxygen atoms in total. The van der Waals surface area contributed by atoms with Crippen LogP contribution in [0, 0.1) is 0 Å². The Balaban J connectivity index is 2.84. The molecule has 0 radical (unpaired) electrons. The van der Waals surface area contributed by atoms with Crippen molar-refractivity contribution in [3.05, 3.63) is 0 Å². The summed E-state index contributed by atoms with van der Waals surface area (Å²) in [6.45, 7) is -1.27. The number of hydrogen-bond acceptors (Lipinski definition) is 2. The van der Waals surface area contributed by atoms with Gasteiger partial charge >= 0.3 is 6.18 Å². The molecule has 1 aliphatic heterocycles. The van der Waals surface area contributed by atoms with Crippen LogP contribution in [0.4, 0.5) is 13.2 Å². The van der Waals surface area contributed by atoms with Gasteiger partial charge < -0.3 is 0 Å². The standard InChI is InChI=1S/C10H18ClF3N2O2S/c11-5-8-16(9-10(12,13)14)19(17,18)15-6-3-1-2-4-7-15/h1-9H2. The fourth-order valence-corrected chi connectivity index (χ4v) is 3.99. The molecular weight excluding hydrogens is 305 g/mol. The third-order valence-corrected chi connectivity index (χ3v) is 5.06. The van der Waals surface area contributed by atoms with Gasteiger partial charge in [0.15, 0.2) is 0 Å². The molecule has 0 amide bonds. The lowest BCUT2D eigenvalue weighted by Crippen LogP contribution is -2.48. The monoisotopic (exact) mass is 322 g/mol. The third kappa shape index (κ3) is 5.45. The number of nitrogens with zero attached hydrogens (tertiary/aromatic N) is 2. The van der Waals surface area contributed by atoms with Gasteiger partial charge in [0.1, 0.15) is 6.54 Å². The van der Waals surface area contributed by atoms with Crippen molar-refractivity contribution in [2.75, 3.05) is 32.1 Å². The Morgan fingerprint density at radius 2 is 1.63 bits per heavy atom. The second kappa shape index (κ2) is 7.10. The van der Waals surface area contributed by atoms with Gasteiger partial charge in [0.25, 0.3) is 10.2 Å². The molecule has 0 N–H and O–H groups in total. The van der Waals surface area contributed by atoms with Crippen LogP contribution in [0.25, 0.3) is 0 Å². The molecule has 0 atom stereocenters. The summed E-state index contributed by atoms with van der Waals surface area (Å²) in [7, 11) is -4.08. The number of halogens is 4. The van der Waals surface area contributed by atoms with Gasteiger partial charge in [-0.3, -0.25) is 0 Å². The normalized spacial score (nSPS) is 19.6. The Kier molecular flexibility index (Phi) is 6.35.